The average Bonchev–Trinajstić information content (AvgIpc) is 3.64. The van der Waals surface area contributed by atoms with Crippen LogP contribution in [0.4, 0.5) is 0 Å². The summed E-state index contributed by atoms with van der Waals surface area (Å²) >= 11 is 0. The number of amides is 1. The second-order valence-electron chi connectivity index (χ2n) is 9.99. The van der Waals surface area contributed by atoms with Gasteiger partial charge in [-0.15, -0.1) is 12.4 Å². The standard InChI is InChI=1S/C27H31N5O2.ClH/c1-17-4-3-13-32(16-17)26(34)27(11-12-27)20-9-10-23-21(15-20)30-22(25(33)31(23)2)14-18-5-7-19(8-6-18)24(28)29;/h5-10,15,17H,3-4,11-14,16H2,1-2H3,(H3,28,29);1H. The van der Waals surface area contributed by atoms with Crippen LogP contribution in [0.3, 0.4) is 0 Å². The lowest BCUT2D eigenvalue weighted by Crippen LogP contribution is -2.44. The van der Waals surface area contributed by atoms with Gasteiger partial charge in [0.25, 0.3) is 5.56 Å². The van der Waals surface area contributed by atoms with Gasteiger partial charge in [-0.1, -0.05) is 37.3 Å². The van der Waals surface area contributed by atoms with E-state index in [-0.39, 0.29) is 29.7 Å². The van der Waals surface area contributed by atoms with Gasteiger partial charge in [0.15, 0.2) is 0 Å². The van der Waals surface area contributed by atoms with Crippen LogP contribution in [0.2, 0.25) is 0 Å². The number of likely N-dealkylation sites (tertiary alicyclic amines) is 1. The molecule has 0 spiro atoms. The van der Waals surface area contributed by atoms with E-state index in [9.17, 15) is 9.59 Å². The molecule has 35 heavy (non-hydrogen) atoms. The van der Waals surface area contributed by atoms with E-state index in [0.717, 1.165) is 54.5 Å². The number of nitrogens with one attached hydrogen (secondary N) is 1. The number of fused-ring (bicyclic) bond motifs is 1. The fraction of sp³-hybridized carbons (Fsp3) is 0.407. The van der Waals surface area contributed by atoms with E-state index in [0.29, 0.717) is 23.6 Å². The third-order valence-electron chi connectivity index (χ3n) is 7.44. The Morgan fingerprint density at radius 3 is 2.54 bits per heavy atom. The van der Waals surface area contributed by atoms with Gasteiger partial charge in [-0.3, -0.25) is 15.0 Å². The van der Waals surface area contributed by atoms with Gasteiger partial charge in [-0.25, -0.2) is 4.98 Å². The number of rotatable bonds is 5. The van der Waals surface area contributed by atoms with E-state index >= 15 is 0 Å². The fourth-order valence-corrected chi connectivity index (χ4v) is 5.23. The van der Waals surface area contributed by atoms with Crippen LogP contribution in [0.15, 0.2) is 47.3 Å². The molecule has 1 saturated heterocycles. The minimum atomic E-state index is -0.440. The molecule has 1 unspecified atom stereocenters. The molecule has 1 atom stereocenters. The molecule has 2 aromatic carbocycles. The van der Waals surface area contributed by atoms with E-state index < -0.39 is 5.41 Å². The molecule has 8 heteroatoms. The van der Waals surface area contributed by atoms with Crippen molar-refractivity contribution in [1.82, 2.24) is 14.5 Å². The second-order valence-corrected chi connectivity index (χ2v) is 9.99. The van der Waals surface area contributed by atoms with Gasteiger partial charge in [0.1, 0.15) is 11.5 Å². The van der Waals surface area contributed by atoms with Crippen molar-refractivity contribution in [3.8, 4) is 0 Å². The number of piperidine rings is 1. The highest BCUT2D eigenvalue weighted by atomic mass is 35.5. The number of nitrogens with two attached hydrogens (primary N) is 1. The maximum absolute atomic E-state index is 13.5. The number of aryl methyl sites for hydroxylation is 1. The van der Waals surface area contributed by atoms with Crippen molar-refractivity contribution < 1.29 is 4.79 Å². The summed E-state index contributed by atoms with van der Waals surface area (Å²) < 4.78 is 1.64. The van der Waals surface area contributed by atoms with Crippen molar-refractivity contribution in [3.63, 3.8) is 0 Å². The number of aromatic nitrogens is 2. The molecule has 2 aliphatic rings. The number of hydrogen-bond donors (Lipinski definition) is 2. The lowest BCUT2D eigenvalue weighted by molar-refractivity contribution is -0.135. The Morgan fingerprint density at radius 2 is 1.91 bits per heavy atom. The number of amidine groups is 1. The average molecular weight is 494 g/mol. The van der Waals surface area contributed by atoms with Crippen LogP contribution < -0.4 is 11.3 Å². The Bertz CT molecular complexity index is 1340. The monoisotopic (exact) mass is 493 g/mol. The zero-order chi connectivity index (χ0) is 24.0. The summed E-state index contributed by atoms with van der Waals surface area (Å²) in [5, 5.41) is 7.55. The molecule has 1 aliphatic heterocycles. The first-order chi connectivity index (χ1) is 16.3. The maximum atomic E-state index is 13.5. The van der Waals surface area contributed by atoms with Crippen LogP contribution in [0.1, 0.15) is 55.0 Å². The lowest BCUT2D eigenvalue weighted by Gasteiger charge is -2.34. The first-order valence-corrected chi connectivity index (χ1v) is 12.0. The third kappa shape index (κ3) is 4.57. The summed E-state index contributed by atoms with van der Waals surface area (Å²) in [5.74, 6) is 0.809. The van der Waals surface area contributed by atoms with Crippen molar-refractivity contribution in [3.05, 3.63) is 75.2 Å². The fourth-order valence-electron chi connectivity index (χ4n) is 5.23. The molecular formula is C27H32ClN5O2. The van der Waals surface area contributed by atoms with Gasteiger partial charge >= 0.3 is 0 Å². The molecule has 1 saturated carbocycles. The van der Waals surface area contributed by atoms with Gasteiger partial charge in [-0.2, -0.15) is 0 Å². The molecule has 2 heterocycles. The van der Waals surface area contributed by atoms with Crippen molar-refractivity contribution in [1.29, 1.82) is 5.41 Å². The molecule has 0 radical (unpaired) electrons. The SMILES string of the molecule is CC1CCCN(C(=O)C2(c3ccc4c(c3)nc(Cc3ccc(C(=N)N)cc3)c(=O)n4C)CC2)C1.Cl. The van der Waals surface area contributed by atoms with Gasteiger partial charge in [0.2, 0.25) is 5.91 Å². The van der Waals surface area contributed by atoms with Gasteiger partial charge in [-0.05, 0) is 54.9 Å². The van der Waals surface area contributed by atoms with Crippen LogP contribution in [0.5, 0.6) is 0 Å². The number of halogens is 1. The van der Waals surface area contributed by atoms with Gasteiger partial charge < -0.3 is 15.2 Å². The lowest BCUT2D eigenvalue weighted by atomic mass is 9.91. The molecule has 1 amide bonds. The Kier molecular flexibility index (Phi) is 6.73. The van der Waals surface area contributed by atoms with Crippen molar-refractivity contribution >= 4 is 35.2 Å². The zero-order valence-electron chi connectivity index (χ0n) is 20.2. The van der Waals surface area contributed by atoms with Gasteiger partial charge in [0, 0.05) is 32.1 Å². The molecule has 3 N–H and O–H groups in total. The molecule has 1 aromatic heterocycles. The van der Waals surface area contributed by atoms with Crippen molar-refractivity contribution in [2.45, 2.75) is 44.4 Å². The summed E-state index contributed by atoms with van der Waals surface area (Å²) in [6, 6.07) is 13.2. The smallest absolute Gasteiger partial charge is 0.272 e. The highest BCUT2D eigenvalue weighted by molar-refractivity contribution is 5.95. The highest BCUT2D eigenvalue weighted by Crippen LogP contribution is 2.50. The summed E-state index contributed by atoms with van der Waals surface area (Å²) in [4.78, 5) is 33.3. The number of benzene rings is 2. The van der Waals surface area contributed by atoms with E-state index in [1.807, 2.05) is 30.3 Å². The molecule has 184 valence electrons. The number of nitrogens with zero attached hydrogens (tertiary/aromatic N) is 3. The largest absolute Gasteiger partial charge is 0.384 e. The first kappa shape index (κ1) is 24.9. The van der Waals surface area contributed by atoms with Crippen LogP contribution in [-0.4, -0.2) is 39.3 Å². The molecule has 2 fully saturated rings. The molecular weight excluding hydrogens is 462 g/mol. The number of nitrogen functional groups attached to an aromatic ring is 1. The molecule has 0 bridgehead atoms. The molecule has 3 aromatic rings. The molecule has 7 nitrogen and oxygen atoms in total. The summed E-state index contributed by atoms with van der Waals surface area (Å²) in [6.45, 7) is 3.90. The summed E-state index contributed by atoms with van der Waals surface area (Å²) in [6.07, 6.45) is 4.37. The quantitative estimate of drug-likeness (QED) is 0.419. The molecule has 5 rings (SSSR count). The molecule has 1 aliphatic carbocycles. The van der Waals surface area contributed by atoms with E-state index in [1.54, 1.807) is 23.7 Å². The normalized spacial score (nSPS) is 18.7. The Hall–Kier alpha value is -3.19. The third-order valence-corrected chi connectivity index (χ3v) is 7.44. The highest BCUT2D eigenvalue weighted by Gasteiger charge is 2.53. The number of carbonyl (C=O) groups excluding carboxylic acids is 1. The van der Waals surface area contributed by atoms with Crippen LogP contribution in [0, 0.1) is 11.3 Å². The van der Waals surface area contributed by atoms with Gasteiger partial charge in [0.05, 0.1) is 16.4 Å². The Balaban J connectivity index is 0.00000289. The van der Waals surface area contributed by atoms with E-state index in [1.165, 1.54) is 6.42 Å². The van der Waals surface area contributed by atoms with Crippen molar-refractivity contribution in [2.24, 2.45) is 18.7 Å². The van der Waals surface area contributed by atoms with Crippen LogP contribution in [-0.2, 0) is 23.7 Å². The Morgan fingerprint density at radius 1 is 1.20 bits per heavy atom. The minimum Gasteiger partial charge on any atom is -0.384 e. The second kappa shape index (κ2) is 9.46. The predicted octanol–water partition coefficient (Wildman–Crippen LogP) is 3.52. The summed E-state index contributed by atoms with van der Waals surface area (Å²) in [7, 11) is 1.77. The predicted molar refractivity (Wildman–Crippen MR) is 140 cm³/mol. The zero-order valence-corrected chi connectivity index (χ0v) is 21.0. The first-order valence-electron chi connectivity index (χ1n) is 12.0. The topological polar surface area (TPSA) is 105 Å². The van der Waals surface area contributed by atoms with E-state index in [4.69, 9.17) is 16.1 Å². The minimum absolute atomic E-state index is 0. The van der Waals surface area contributed by atoms with E-state index in [2.05, 4.69) is 11.8 Å². The van der Waals surface area contributed by atoms with Crippen LogP contribution >= 0.6 is 12.4 Å². The maximum Gasteiger partial charge on any atom is 0.272 e. The van der Waals surface area contributed by atoms with Crippen LogP contribution in [0.25, 0.3) is 11.0 Å². The number of hydrogen-bond acceptors (Lipinski definition) is 4. The number of carbonyl (C=O) groups is 1. The Labute approximate surface area is 211 Å². The summed E-state index contributed by atoms with van der Waals surface area (Å²) in [5.41, 5.74) is 9.52. The van der Waals surface area contributed by atoms with Crippen molar-refractivity contribution in [2.75, 3.05) is 13.1 Å².